The Hall–Kier alpha value is -3.04. The number of halogens is 3. The molecule has 0 radical (unpaired) electrons. The maximum Gasteiger partial charge on any atom is 0.573 e. The van der Waals surface area contributed by atoms with E-state index >= 15 is 0 Å². The van der Waals surface area contributed by atoms with E-state index in [9.17, 15) is 18.0 Å². The van der Waals surface area contributed by atoms with Gasteiger partial charge in [-0.25, -0.2) is 14.8 Å². The average Bonchev–Trinajstić information content (AvgIpc) is 3.13. The van der Waals surface area contributed by atoms with Crippen LogP contribution in [0, 0.1) is 13.8 Å². The van der Waals surface area contributed by atoms with Gasteiger partial charge in [0, 0.05) is 13.1 Å². The second-order valence-corrected chi connectivity index (χ2v) is 6.39. The van der Waals surface area contributed by atoms with Crippen molar-refractivity contribution in [2.24, 2.45) is 0 Å². The van der Waals surface area contributed by atoms with Gasteiger partial charge in [0.25, 0.3) is 0 Å². The van der Waals surface area contributed by atoms with Crippen LogP contribution >= 0.6 is 0 Å². The van der Waals surface area contributed by atoms with Gasteiger partial charge in [-0.3, -0.25) is 0 Å². The summed E-state index contributed by atoms with van der Waals surface area (Å²) in [5.41, 5.74) is 1.45. The van der Waals surface area contributed by atoms with Gasteiger partial charge >= 0.3 is 12.4 Å². The van der Waals surface area contributed by atoms with Crippen LogP contribution in [0.15, 0.2) is 24.3 Å². The van der Waals surface area contributed by atoms with E-state index in [1.54, 1.807) is 13.8 Å². The lowest BCUT2D eigenvalue weighted by Crippen LogP contribution is -2.25. The number of nitrogens with one attached hydrogen (secondary N) is 2. The number of urea groups is 1. The molecule has 3 rings (SSSR count). The number of carbonyl (C=O) groups excluding carboxylic acids is 1. The molecule has 150 valence electrons. The molecule has 0 unspecified atom stereocenters. The van der Waals surface area contributed by atoms with E-state index in [1.807, 2.05) is 0 Å². The molecule has 1 aliphatic heterocycles. The molecular formula is C18H20F3N5O2. The number of benzene rings is 1. The average molecular weight is 395 g/mol. The van der Waals surface area contributed by atoms with Crippen molar-refractivity contribution >= 4 is 23.4 Å². The molecule has 1 aromatic carbocycles. The zero-order valence-corrected chi connectivity index (χ0v) is 15.4. The SMILES string of the molecule is Cc1nc(N2CCCC2)nc(C)c1NC(=O)Nc1ccccc1OC(F)(F)F. The van der Waals surface area contributed by atoms with Crippen LogP contribution in [-0.4, -0.2) is 35.5 Å². The van der Waals surface area contributed by atoms with Gasteiger partial charge in [0.15, 0.2) is 5.75 Å². The molecule has 1 fully saturated rings. The standard InChI is InChI=1S/C18H20F3N5O2/c1-11-15(12(2)23-16(22-11)26-9-5-6-10-26)25-17(27)24-13-7-3-4-8-14(13)28-18(19,20)21/h3-4,7-8H,5-6,9-10H2,1-2H3,(H2,24,25,27). The number of nitrogens with zero attached hydrogens (tertiary/aromatic N) is 3. The highest BCUT2D eigenvalue weighted by molar-refractivity contribution is 6.01. The highest BCUT2D eigenvalue weighted by atomic mass is 19.4. The molecule has 0 aliphatic carbocycles. The number of aromatic nitrogens is 2. The Bertz CT molecular complexity index is 844. The number of aryl methyl sites for hydroxylation is 2. The molecule has 1 aliphatic rings. The largest absolute Gasteiger partial charge is 0.573 e. The van der Waals surface area contributed by atoms with E-state index in [0.717, 1.165) is 32.0 Å². The van der Waals surface area contributed by atoms with Crippen LogP contribution in [0.5, 0.6) is 5.75 Å². The smallest absolute Gasteiger partial charge is 0.404 e. The third-order valence-electron chi connectivity index (χ3n) is 4.25. The lowest BCUT2D eigenvalue weighted by molar-refractivity contribution is -0.274. The first kappa shape index (κ1) is 19.7. The normalized spacial score (nSPS) is 14.1. The number of anilines is 3. The van der Waals surface area contributed by atoms with Gasteiger partial charge in [-0.2, -0.15) is 0 Å². The van der Waals surface area contributed by atoms with Crippen LogP contribution in [0.2, 0.25) is 0 Å². The summed E-state index contributed by atoms with van der Waals surface area (Å²) in [5.74, 6) is 0.113. The van der Waals surface area contributed by atoms with Crippen molar-refractivity contribution in [2.75, 3.05) is 28.6 Å². The number of hydrogen-bond donors (Lipinski definition) is 2. The summed E-state index contributed by atoms with van der Waals surface area (Å²) >= 11 is 0. The number of para-hydroxylation sites is 2. The van der Waals surface area contributed by atoms with Crippen molar-refractivity contribution in [2.45, 2.75) is 33.1 Å². The van der Waals surface area contributed by atoms with Crippen LogP contribution in [0.25, 0.3) is 0 Å². The molecule has 2 amide bonds. The fourth-order valence-electron chi connectivity index (χ4n) is 2.99. The number of carbonyl (C=O) groups is 1. The van der Waals surface area contributed by atoms with E-state index in [4.69, 9.17) is 0 Å². The molecule has 10 heteroatoms. The van der Waals surface area contributed by atoms with Gasteiger partial charge in [0.2, 0.25) is 5.95 Å². The van der Waals surface area contributed by atoms with Crippen molar-refractivity contribution < 1.29 is 22.7 Å². The topological polar surface area (TPSA) is 79.4 Å². The summed E-state index contributed by atoms with van der Waals surface area (Å²) in [6.45, 7) is 5.26. The van der Waals surface area contributed by atoms with Gasteiger partial charge in [0.1, 0.15) is 0 Å². The fraction of sp³-hybridized carbons (Fsp3) is 0.389. The maximum absolute atomic E-state index is 12.5. The van der Waals surface area contributed by atoms with Crippen LogP contribution in [-0.2, 0) is 0 Å². The van der Waals surface area contributed by atoms with Gasteiger partial charge in [-0.1, -0.05) is 12.1 Å². The van der Waals surface area contributed by atoms with Gasteiger partial charge in [0.05, 0.1) is 22.8 Å². The molecule has 1 aromatic heterocycles. The molecule has 0 saturated carbocycles. The summed E-state index contributed by atoms with van der Waals surface area (Å²) in [4.78, 5) is 23.3. The Morgan fingerprint density at radius 1 is 1.07 bits per heavy atom. The van der Waals surface area contributed by atoms with Crippen molar-refractivity contribution in [3.8, 4) is 5.75 Å². The fourth-order valence-corrected chi connectivity index (χ4v) is 2.99. The number of rotatable bonds is 4. The van der Waals surface area contributed by atoms with Crippen LogP contribution in [0.1, 0.15) is 24.2 Å². The number of hydrogen-bond acceptors (Lipinski definition) is 5. The maximum atomic E-state index is 12.5. The molecule has 0 atom stereocenters. The van der Waals surface area contributed by atoms with Crippen LogP contribution in [0.3, 0.4) is 0 Å². The summed E-state index contributed by atoms with van der Waals surface area (Å²) in [6.07, 6.45) is -2.69. The predicted molar refractivity (Wildman–Crippen MR) is 98.7 cm³/mol. The molecule has 7 nitrogen and oxygen atoms in total. The molecule has 0 spiro atoms. The van der Waals surface area contributed by atoms with E-state index in [-0.39, 0.29) is 5.69 Å². The number of ether oxygens (including phenoxy) is 1. The summed E-state index contributed by atoms with van der Waals surface area (Å²) in [5, 5.41) is 4.97. The van der Waals surface area contributed by atoms with E-state index < -0.39 is 18.1 Å². The number of amides is 2. The van der Waals surface area contributed by atoms with Gasteiger partial charge in [-0.15, -0.1) is 13.2 Å². The second kappa shape index (κ2) is 7.91. The molecule has 0 bridgehead atoms. The first-order chi connectivity index (χ1) is 13.2. The monoisotopic (exact) mass is 395 g/mol. The summed E-state index contributed by atoms with van der Waals surface area (Å²) < 4.78 is 41.5. The van der Waals surface area contributed by atoms with Crippen LogP contribution < -0.4 is 20.3 Å². The molecular weight excluding hydrogens is 375 g/mol. The Kier molecular flexibility index (Phi) is 5.57. The molecule has 2 N–H and O–H groups in total. The van der Waals surface area contributed by atoms with Crippen LogP contribution in [0.4, 0.5) is 35.3 Å². The molecule has 1 saturated heterocycles. The minimum Gasteiger partial charge on any atom is -0.404 e. The van der Waals surface area contributed by atoms with Crippen molar-refractivity contribution in [1.82, 2.24) is 9.97 Å². The Labute approximate surface area is 159 Å². The first-order valence-corrected chi connectivity index (χ1v) is 8.76. The molecule has 2 aromatic rings. The highest BCUT2D eigenvalue weighted by Crippen LogP contribution is 2.30. The summed E-state index contributed by atoms with van der Waals surface area (Å²) in [7, 11) is 0. The Balaban J connectivity index is 1.74. The third kappa shape index (κ3) is 4.81. The summed E-state index contributed by atoms with van der Waals surface area (Å²) in [6, 6.07) is 4.58. The number of alkyl halides is 3. The molecule has 2 heterocycles. The lowest BCUT2D eigenvalue weighted by atomic mass is 10.2. The van der Waals surface area contributed by atoms with Gasteiger partial charge in [-0.05, 0) is 38.8 Å². The van der Waals surface area contributed by atoms with Crippen molar-refractivity contribution in [3.05, 3.63) is 35.7 Å². The van der Waals surface area contributed by atoms with E-state index in [0.29, 0.717) is 23.0 Å². The zero-order chi connectivity index (χ0) is 20.3. The Morgan fingerprint density at radius 3 is 2.29 bits per heavy atom. The highest BCUT2D eigenvalue weighted by Gasteiger charge is 2.32. The van der Waals surface area contributed by atoms with Crippen molar-refractivity contribution in [3.63, 3.8) is 0 Å². The van der Waals surface area contributed by atoms with Gasteiger partial charge < -0.3 is 20.3 Å². The zero-order valence-electron chi connectivity index (χ0n) is 15.4. The minimum absolute atomic E-state index is 0.109. The first-order valence-electron chi connectivity index (χ1n) is 8.76. The minimum atomic E-state index is -4.86. The Morgan fingerprint density at radius 2 is 1.68 bits per heavy atom. The quantitative estimate of drug-likeness (QED) is 0.810. The van der Waals surface area contributed by atoms with Crippen molar-refractivity contribution in [1.29, 1.82) is 0 Å². The molecule has 28 heavy (non-hydrogen) atoms. The third-order valence-corrected chi connectivity index (χ3v) is 4.25. The van der Waals surface area contributed by atoms with E-state index in [2.05, 4.69) is 30.2 Å². The lowest BCUT2D eigenvalue weighted by Gasteiger charge is -2.19. The van der Waals surface area contributed by atoms with E-state index in [1.165, 1.54) is 18.2 Å². The predicted octanol–water partition coefficient (Wildman–Crippen LogP) is 4.24. The second-order valence-electron chi connectivity index (χ2n) is 6.39.